The summed E-state index contributed by atoms with van der Waals surface area (Å²) < 4.78 is 104. The van der Waals surface area contributed by atoms with Crippen LogP contribution in [0.25, 0.3) is 0 Å². The number of ether oxygens (including phenoxy) is 2. The van der Waals surface area contributed by atoms with Gasteiger partial charge < -0.3 is 9.47 Å². The predicted molar refractivity (Wildman–Crippen MR) is 103 cm³/mol. The molecule has 0 saturated carbocycles. The maximum Gasteiger partial charge on any atom is 0.416 e. The number of halogens is 7. The van der Waals surface area contributed by atoms with Crippen molar-refractivity contribution < 1.29 is 40.2 Å². The molecule has 0 amide bonds. The highest BCUT2D eigenvalue weighted by Crippen LogP contribution is 2.41. The van der Waals surface area contributed by atoms with Crippen molar-refractivity contribution in [1.29, 1.82) is 0 Å². The SMILES string of the molecule is C=C[C@H]1CCO[C@H](OC(C)c2cc(C(F)(F)F)cc(C(F)(F)F)c2)[C@@H]1c1cccc(F)c1. The lowest BCUT2D eigenvalue weighted by Crippen LogP contribution is -2.36. The van der Waals surface area contributed by atoms with E-state index >= 15 is 0 Å². The van der Waals surface area contributed by atoms with Crippen molar-refractivity contribution in [1.82, 2.24) is 0 Å². The Labute approximate surface area is 180 Å². The van der Waals surface area contributed by atoms with Crippen LogP contribution in [0.5, 0.6) is 0 Å². The fourth-order valence-electron chi connectivity index (χ4n) is 3.81. The molecule has 1 saturated heterocycles. The Hall–Kier alpha value is -2.39. The molecule has 9 heteroatoms. The topological polar surface area (TPSA) is 18.5 Å². The van der Waals surface area contributed by atoms with Gasteiger partial charge in [0.2, 0.25) is 0 Å². The van der Waals surface area contributed by atoms with E-state index in [9.17, 15) is 30.7 Å². The summed E-state index contributed by atoms with van der Waals surface area (Å²) in [7, 11) is 0. The van der Waals surface area contributed by atoms with E-state index in [-0.39, 0.29) is 24.2 Å². The minimum atomic E-state index is -4.96. The second-order valence-corrected chi connectivity index (χ2v) is 7.63. The van der Waals surface area contributed by atoms with Gasteiger partial charge in [-0.05, 0) is 60.7 Å². The molecule has 2 nitrogen and oxygen atoms in total. The first kappa shape index (κ1) is 24.3. The van der Waals surface area contributed by atoms with E-state index in [0.29, 0.717) is 24.1 Å². The Morgan fingerprint density at radius 1 is 1.03 bits per heavy atom. The molecule has 1 aliphatic heterocycles. The van der Waals surface area contributed by atoms with E-state index < -0.39 is 47.6 Å². The van der Waals surface area contributed by atoms with Gasteiger partial charge in [0.25, 0.3) is 0 Å². The third kappa shape index (κ3) is 5.50. The molecule has 2 aromatic rings. The Balaban J connectivity index is 1.95. The van der Waals surface area contributed by atoms with Gasteiger partial charge in [-0.25, -0.2) is 4.39 Å². The highest BCUT2D eigenvalue weighted by Gasteiger charge is 2.39. The standard InChI is InChI=1S/C23H21F7O2/c1-3-14-7-8-31-21(20(14)15-5-4-6-19(24)11-15)32-13(2)16-9-17(22(25,26)27)12-18(10-16)23(28,29)30/h3-6,9-14,20-21H,1,7-8H2,2H3/t13?,14-,20-,21+/m0/s1. The summed E-state index contributed by atoms with van der Waals surface area (Å²) in [6, 6.07) is 7.04. The summed E-state index contributed by atoms with van der Waals surface area (Å²) in [6.07, 6.45) is -9.90. The van der Waals surface area contributed by atoms with Gasteiger partial charge in [0, 0.05) is 5.92 Å². The van der Waals surface area contributed by atoms with Crippen LogP contribution in [0.1, 0.15) is 47.6 Å². The third-order valence-corrected chi connectivity index (χ3v) is 5.44. The summed E-state index contributed by atoms with van der Waals surface area (Å²) in [5.74, 6) is -1.21. The molecular formula is C23H21F7O2. The summed E-state index contributed by atoms with van der Waals surface area (Å²) in [5, 5.41) is 0. The zero-order valence-electron chi connectivity index (χ0n) is 17.0. The molecule has 174 valence electrons. The predicted octanol–water partition coefficient (Wildman–Crippen LogP) is 7.27. The van der Waals surface area contributed by atoms with Gasteiger partial charge in [-0.15, -0.1) is 6.58 Å². The number of alkyl halides is 6. The summed E-state index contributed by atoms with van der Waals surface area (Å²) >= 11 is 0. The maximum atomic E-state index is 13.8. The molecule has 2 aromatic carbocycles. The smallest absolute Gasteiger partial charge is 0.352 e. The quantitative estimate of drug-likeness (QED) is 0.344. The molecule has 0 N–H and O–H groups in total. The lowest BCUT2D eigenvalue weighted by Gasteiger charge is -2.38. The van der Waals surface area contributed by atoms with Crippen molar-refractivity contribution >= 4 is 0 Å². The van der Waals surface area contributed by atoms with Crippen LogP contribution < -0.4 is 0 Å². The first-order valence-electron chi connectivity index (χ1n) is 9.84. The minimum absolute atomic E-state index is 0.0661. The molecule has 0 spiro atoms. The zero-order valence-corrected chi connectivity index (χ0v) is 17.0. The molecule has 0 aromatic heterocycles. The molecule has 1 unspecified atom stereocenters. The Bertz CT molecular complexity index is 920. The van der Waals surface area contributed by atoms with E-state index in [0.717, 1.165) is 0 Å². The first-order chi connectivity index (χ1) is 14.9. The van der Waals surface area contributed by atoms with Gasteiger partial charge in [-0.3, -0.25) is 0 Å². The van der Waals surface area contributed by atoms with Crippen LogP contribution in [-0.2, 0) is 21.8 Å². The van der Waals surface area contributed by atoms with E-state index in [1.807, 2.05) is 0 Å². The van der Waals surface area contributed by atoms with Gasteiger partial charge >= 0.3 is 12.4 Å². The average Bonchev–Trinajstić information content (AvgIpc) is 2.72. The fourth-order valence-corrected chi connectivity index (χ4v) is 3.81. The van der Waals surface area contributed by atoms with Crippen molar-refractivity contribution in [2.75, 3.05) is 6.61 Å². The normalized spacial score (nSPS) is 23.1. The number of rotatable bonds is 5. The molecule has 0 radical (unpaired) electrons. The van der Waals surface area contributed by atoms with Gasteiger partial charge in [0.1, 0.15) is 5.82 Å². The van der Waals surface area contributed by atoms with Crippen LogP contribution in [0.3, 0.4) is 0 Å². The number of allylic oxidation sites excluding steroid dienone is 1. The second-order valence-electron chi connectivity index (χ2n) is 7.63. The summed E-state index contributed by atoms with van der Waals surface area (Å²) in [6.45, 7) is 5.37. The van der Waals surface area contributed by atoms with Gasteiger partial charge in [0.05, 0.1) is 23.8 Å². The van der Waals surface area contributed by atoms with Gasteiger partial charge in [-0.2, -0.15) is 26.3 Å². The zero-order chi connectivity index (χ0) is 23.7. The molecule has 32 heavy (non-hydrogen) atoms. The second kappa shape index (κ2) is 9.23. The molecule has 0 bridgehead atoms. The Morgan fingerprint density at radius 3 is 2.19 bits per heavy atom. The van der Waals surface area contributed by atoms with Crippen LogP contribution in [-0.4, -0.2) is 12.9 Å². The van der Waals surface area contributed by atoms with Gasteiger partial charge in [0.15, 0.2) is 6.29 Å². The van der Waals surface area contributed by atoms with Crippen LogP contribution in [0.4, 0.5) is 30.7 Å². The van der Waals surface area contributed by atoms with E-state index in [4.69, 9.17) is 9.47 Å². The van der Waals surface area contributed by atoms with Crippen LogP contribution in [0.2, 0.25) is 0 Å². The molecule has 0 aliphatic carbocycles. The maximum absolute atomic E-state index is 13.8. The van der Waals surface area contributed by atoms with Crippen molar-refractivity contribution in [3.05, 3.63) is 83.2 Å². The van der Waals surface area contributed by atoms with Crippen molar-refractivity contribution in [2.45, 2.75) is 44.0 Å². The highest BCUT2D eigenvalue weighted by molar-refractivity contribution is 5.35. The molecular weight excluding hydrogens is 441 g/mol. The Kier molecular flexibility index (Phi) is 7.00. The van der Waals surface area contributed by atoms with Crippen LogP contribution in [0, 0.1) is 11.7 Å². The minimum Gasteiger partial charge on any atom is -0.352 e. The summed E-state index contributed by atoms with van der Waals surface area (Å²) in [5.41, 5.74) is -2.61. The monoisotopic (exact) mass is 462 g/mol. The van der Waals surface area contributed by atoms with E-state index in [1.165, 1.54) is 25.1 Å². The van der Waals surface area contributed by atoms with E-state index in [1.54, 1.807) is 12.1 Å². The first-order valence-corrected chi connectivity index (χ1v) is 9.84. The molecule has 1 fully saturated rings. The molecule has 1 heterocycles. The lowest BCUT2D eigenvalue weighted by atomic mass is 9.82. The number of benzene rings is 2. The number of hydrogen-bond acceptors (Lipinski definition) is 2. The molecule has 1 aliphatic rings. The number of hydrogen-bond donors (Lipinski definition) is 0. The largest absolute Gasteiger partial charge is 0.416 e. The molecule has 4 atom stereocenters. The van der Waals surface area contributed by atoms with Crippen molar-refractivity contribution in [2.24, 2.45) is 5.92 Å². The fraction of sp³-hybridized carbons (Fsp3) is 0.391. The third-order valence-electron chi connectivity index (χ3n) is 5.44. The Morgan fingerprint density at radius 2 is 1.66 bits per heavy atom. The highest BCUT2D eigenvalue weighted by atomic mass is 19.4. The lowest BCUT2D eigenvalue weighted by molar-refractivity contribution is -0.205. The van der Waals surface area contributed by atoms with Crippen molar-refractivity contribution in [3.63, 3.8) is 0 Å². The average molecular weight is 462 g/mol. The van der Waals surface area contributed by atoms with Crippen LogP contribution >= 0.6 is 0 Å². The van der Waals surface area contributed by atoms with Gasteiger partial charge in [-0.1, -0.05) is 18.2 Å². The molecule has 3 rings (SSSR count). The summed E-state index contributed by atoms with van der Waals surface area (Å²) in [4.78, 5) is 0. The van der Waals surface area contributed by atoms with Crippen LogP contribution in [0.15, 0.2) is 55.1 Å². The van der Waals surface area contributed by atoms with E-state index in [2.05, 4.69) is 6.58 Å². The van der Waals surface area contributed by atoms with Crippen molar-refractivity contribution in [3.8, 4) is 0 Å².